The van der Waals surface area contributed by atoms with Gasteiger partial charge in [-0.15, -0.1) is 0 Å². The van der Waals surface area contributed by atoms with Crippen molar-refractivity contribution in [2.45, 2.75) is 33.3 Å². The summed E-state index contributed by atoms with van der Waals surface area (Å²) in [5.41, 5.74) is 0.352. The highest BCUT2D eigenvalue weighted by Crippen LogP contribution is 1.81. The van der Waals surface area contributed by atoms with Crippen molar-refractivity contribution in [2.75, 3.05) is 13.2 Å². The molecule has 0 aliphatic carbocycles. The van der Waals surface area contributed by atoms with E-state index in [-0.39, 0.29) is 36.6 Å². The Kier molecular flexibility index (Phi) is 23.6. The van der Waals surface area contributed by atoms with Crippen LogP contribution in [0.15, 0.2) is 24.3 Å². The molecule has 0 amide bonds. The minimum Gasteiger partial charge on any atom is -0.481 e. The van der Waals surface area contributed by atoms with Gasteiger partial charge in [0.2, 0.25) is 0 Å². The Morgan fingerprint density at radius 2 is 1.04 bits per heavy atom. The molecule has 0 bridgehead atoms. The van der Waals surface area contributed by atoms with Gasteiger partial charge in [0, 0.05) is 11.1 Å². The number of aliphatic carboxylic acids is 3. The third kappa shape index (κ3) is 44.9. The van der Waals surface area contributed by atoms with Gasteiger partial charge in [-0.2, -0.15) is 0 Å². The summed E-state index contributed by atoms with van der Waals surface area (Å²) in [7, 11) is 0. The van der Waals surface area contributed by atoms with E-state index >= 15 is 0 Å². The van der Waals surface area contributed by atoms with E-state index in [1.807, 2.05) is 0 Å². The Hall–Kier alpha value is -2.56. The third-order valence-corrected chi connectivity index (χ3v) is 1.55. The molecule has 0 fully saturated rings. The normalized spacial score (nSPS) is 8.28. The van der Waals surface area contributed by atoms with Crippen LogP contribution in [-0.4, -0.2) is 73.6 Å². The number of hydrogen-bond donors (Lipinski definition) is 6. The van der Waals surface area contributed by atoms with Crippen LogP contribution in [-0.2, 0) is 19.2 Å². The number of hydrogen-bond acceptors (Lipinski definition) is 7. The number of Topliss-reactive ketones (excluding diaryl/α,β-unsaturated/α-hetero) is 1. The fourth-order valence-corrected chi connectivity index (χ4v) is 0.271. The summed E-state index contributed by atoms with van der Waals surface area (Å²) in [6.45, 7) is 9.72. The second kappa shape index (κ2) is 19.5. The van der Waals surface area contributed by atoms with Gasteiger partial charge in [0.05, 0.1) is 13.2 Å². The molecule has 25 heavy (non-hydrogen) atoms. The molecule has 0 heterocycles. The highest BCUT2D eigenvalue weighted by Gasteiger charge is 1.98. The molecule has 0 spiro atoms. The lowest BCUT2D eigenvalue weighted by Crippen LogP contribution is -2.15. The van der Waals surface area contributed by atoms with E-state index in [1.54, 1.807) is 0 Å². The lowest BCUT2D eigenvalue weighted by atomic mass is 10.3. The average molecular weight is 366 g/mol. The average Bonchev–Trinajstić information content (AvgIpc) is 2.46. The summed E-state index contributed by atoms with van der Waals surface area (Å²) in [6.07, 6.45) is -1.31. The van der Waals surface area contributed by atoms with Crippen molar-refractivity contribution in [3.8, 4) is 0 Å². The maximum Gasteiger partial charge on any atom is 0.330 e. The van der Waals surface area contributed by atoms with Crippen molar-refractivity contribution in [2.24, 2.45) is 0 Å². The molecule has 0 rings (SSSR count). The van der Waals surface area contributed by atoms with Crippen LogP contribution in [0.25, 0.3) is 0 Å². The molecule has 0 aromatic heterocycles. The quantitative estimate of drug-likeness (QED) is 0.268. The van der Waals surface area contributed by atoms with Gasteiger partial charge in [-0.05, 0) is 20.8 Å². The summed E-state index contributed by atoms with van der Waals surface area (Å²) in [5.74, 6) is -3.25. The van der Waals surface area contributed by atoms with Gasteiger partial charge >= 0.3 is 17.9 Å². The van der Waals surface area contributed by atoms with Crippen molar-refractivity contribution >= 4 is 23.7 Å². The predicted octanol–water partition coefficient (Wildman–Crippen LogP) is -0.324. The van der Waals surface area contributed by atoms with Crippen LogP contribution in [0.1, 0.15) is 27.2 Å². The Morgan fingerprint density at radius 1 is 0.800 bits per heavy atom. The number of ketones is 1. The molecule has 0 radical (unpaired) electrons. The molecule has 10 heteroatoms. The minimum atomic E-state index is -1.06. The van der Waals surface area contributed by atoms with E-state index in [0.717, 1.165) is 0 Å². The summed E-state index contributed by atoms with van der Waals surface area (Å²) < 4.78 is 0. The zero-order chi connectivity index (χ0) is 21.2. The number of carboxylic acid groups (broad SMARTS) is 3. The number of aliphatic hydroxyl groups excluding tert-OH is 3. The van der Waals surface area contributed by atoms with Crippen molar-refractivity contribution < 1.29 is 49.8 Å². The fourth-order valence-electron chi connectivity index (χ4n) is 0.271. The van der Waals surface area contributed by atoms with E-state index in [1.165, 1.54) is 20.8 Å². The second-order valence-corrected chi connectivity index (χ2v) is 4.46. The summed E-state index contributed by atoms with van der Waals surface area (Å²) in [4.78, 5) is 38.7. The number of carbonyl (C=O) groups is 4. The zero-order valence-corrected chi connectivity index (χ0v) is 14.4. The Morgan fingerprint density at radius 3 is 1.04 bits per heavy atom. The standard InChI is InChI=1S/C4H6O3.2C4H6O2.C3H8O3/c1-3(5)2-4(6)7;2*1-3(2)4(5)6;4-1-3(6)2-5/h2H2,1H3,(H,6,7);2*1H2,2H3,(H,5,6);3-6H,1-2H2. The highest BCUT2D eigenvalue weighted by molar-refractivity contribution is 5.93. The second-order valence-electron chi connectivity index (χ2n) is 4.46. The van der Waals surface area contributed by atoms with E-state index in [9.17, 15) is 19.2 Å². The molecular weight excluding hydrogens is 340 g/mol. The smallest absolute Gasteiger partial charge is 0.330 e. The molecule has 0 aliphatic heterocycles. The first-order valence-electron chi connectivity index (χ1n) is 6.61. The molecule has 0 aliphatic rings. The van der Waals surface area contributed by atoms with Crippen molar-refractivity contribution in [3.63, 3.8) is 0 Å². The number of rotatable bonds is 6. The molecule has 10 nitrogen and oxygen atoms in total. The minimum absolute atomic E-state index is 0.176. The molecule has 0 atom stereocenters. The third-order valence-electron chi connectivity index (χ3n) is 1.55. The van der Waals surface area contributed by atoms with Crippen molar-refractivity contribution in [1.82, 2.24) is 0 Å². The number of carboxylic acids is 3. The molecular formula is C15H26O10. The predicted molar refractivity (Wildman–Crippen MR) is 88.0 cm³/mol. The molecule has 0 aromatic rings. The van der Waals surface area contributed by atoms with E-state index < -0.39 is 24.0 Å². The van der Waals surface area contributed by atoms with Crippen molar-refractivity contribution in [3.05, 3.63) is 24.3 Å². The van der Waals surface area contributed by atoms with Crippen LogP contribution in [0.4, 0.5) is 0 Å². The maximum absolute atomic E-state index is 9.87. The van der Waals surface area contributed by atoms with E-state index in [0.29, 0.717) is 0 Å². The first-order valence-corrected chi connectivity index (χ1v) is 6.61. The van der Waals surface area contributed by atoms with Crippen LogP contribution in [0.5, 0.6) is 0 Å². The van der Waals surface area contributed by atoms with Gasteiger partial charge < -0.3 is 30.6 Å². The topological polar surface area (TPSA) is 190 Å². The van der Waals surface area contributed by atoms with Gasteiger partial charge in [0.15, 0.2) is 0 Å². The molecule has 0 unspecified atom stereocenters. The zero-order valence-electron chi connectivity index (χ0n) is 14.4. The SMILES string of the molecule is C=C(C)C(=O)O.C=C(C)C(=O)O.CC(=O)CC(=O)O.OCC(O)CO. The summed E-state index contributed by atoms with van der Waals surface area (Å²) >= 11 is 0. The van der Waals surface area contributed by atoms with Gasteiger partial charge in [-0.3, -0.25) is 9.59 Å². The molecule has 6 N–H and O–H groups in total. The Labute approximate surface area is 145 Å². The highest BCUT2D eigenvalue weighted by atomic mass is 16.4. The maximum atomic E-state index is 9.87. The van der Waals surface area contributed by atoms with Gasteiger partial charge in [0.25, 0.3) is 0 Å². The number of carbonyl (C=O) groups excluding carboxylic acids is 1. The molecule has 146 valence electrons. The van der Waals surface area contributed by atoms with Crippen LogP contribution >= 0.6 is 0 Å². The lowest BCUT2D eigenvalue weighted by molar-refractivity contribution is -0.140. The van der Waals surface area contributed by atoms with Crippen molar-refractivity contribution in [1.29, 1.82) is 0 Å². The lowest BCUT2D eigenvalue weighted by Gasteiger charge is -1.96. The Balaban J connectivity index is -0.000000118. The molecule has 0 saturated carbocycles. The number of aliphatic hydroxyl groups is 3. The van der Waals surface area contributed by atoms with Crippen LogP contribution in [0.2, 0.25) is 0 Å². The largest absolute Gasteiger partial charge is 0.481 e. The van der Waals surface area contributed by atoms with E-state index in [4.69, 9.17) is 30.6 Å². The fraction of sp³-hybridized carbons (Fsp3) is 0.467. The van der Waals surface area contributed by atoms with Gasteiger partial charge in [0.1, 0.15) is 18.3 Å². The summed E-state index contributed by atoms with van der Waals surface area (Å²) in [6, 6.07) is 0. The van der Waals surface area contributed by atoms with Gasteiger partial charge in [-0.1, -0.05) is 13.2 Å². The van der Waals surface area contributed by atoms with E-state index in [2.05, 4.69) is 13.2 Å². The van der Waals surface area contributed by atoms with Crippen LogP contribution in [0.3, 0.4) is 0 Å². The first-order chi connectivity index (χ1) is 11.2. The summed E-state index contributed by atoms with van der Waals surface area (Å²) in [5, 5.41) is 47.7. The Bertz CT molecular complexity index is 389. The first kappa shape index (κ1) is 30.3. The van der Waals surface area contributed by atoms with Crippen LogP contribution < -0.4 is 0 Å². The molecule has 0 saturated heterocycles. The van der Waals surface area contributed by atoms with Gasteiger partial charge in [-0.25, -0.2) is 9.59 Å². The monoisotopic (exact) mass is 366 g/mol. The van der Waals surface area contributed by atoms with Crippen LogP contribution in [0, 0.1) is 0 Å². The molecule has 0 aromatic carbocycles.